The highest BCUT2D eigenvalue weighted by atomic mass is 35.5. The molecule has 0 bridgehead atoms. The molecule has 1 aliphatic carbocycles. The number of amides is 1. The second-order valence-corrected chi connectivity index (χ2v) is 10.6. The fraction of sp³-hybridized carbons (Fsp3) is 0.462. The van der Waals surface area contributed by atoms with E-state index in [1.54, 1.807) is 36.9 Å². The van der Waals surface area contributed by atoms with Crippen LogP contribution in [0.3, 0.4) is 0 Å². The molecule has 5 unspecified atom stereocenters. The lowest BCUT2D eigenvalue weighted by Crippen LogP contribution is -2.59. The summed E-state index contributed by atoms with van der Waals surface area (Å²) < 4.78 is 0. The lowest BCUT2D eigenvalue weighted by Gasteiger charge is -2.52. The van der Waals surface area contributed by atoms with Crippen molar-refractivity contribution in [3.05, 3.63) is 69.7 Å². The molecule has 2 aromatic rings. The van der Waals surface area contributed by atoms with Crippen LogP contribution in [0.2, 0.25) is 10.0 Å². The van der Waals surface area contributed by atoms with Gasteiger partial charge in [0.2, 0.25) is 5.91 Å². The second-order valence-electron chi connectivity index (χ2n) is 9.77. The van der Waals surface area contributed by atoms with Gasteiger partial charge in [-0.3, -0.25) is 9.59 Å². The number of carboxylic acids is 1. The van der Waals surface area contributed by atoms with Crippen LogP contribution < -0.4 is 0 Å². The number of aliphatic carboxylic acids is 1. The monoisotopic (exact) mass is 489 g/mol. The third kappa shape index (κ3) is 4.91. The minimum Gasteiger partial charge on any atom is -0.481 e. The van der Waals surface area contributed by atoms with Crippen molar-refractivity contribution in [3.8, 4) is 0 Å². The van der Waals surface area contributed by atoms with Crippen molar-refractivity contribution < 1.29 is 19.8 Å². The summed E-state index contributed by atoms with van der Waals surface area (Å²) in [6.07, 6.45) is 1.21. The summed E-state index contributed by atoms with van der Waals surface area (Å²) in [6.45, 7) is 3.45. The number of carbonyl (C=O) groups excluding carboxylic acids is 1. The average molecular weight is 490 g/mol. The van der Waals surface area contributed by atoms with Crippen molar-refractivity contribution in [1.29, 1.82) is 0 Å². The van der Waals surface area contributed by atoms with Gasteiger partial charge in [0.15, 0.2) is 0 Å². The summed E-state index contributed by atoms with van der Waals surface area (Å²) in [6, 6.07) is 14.2. The van der Waals surface area contributed by atoms with Gasteiger partial charge >= 0.3 is 5.97 Å². The molecule has 2 aromatic carbocycles. The molecule has 176 valence electrons. The van der Waals surface area contributed by atoms with Gasteiger partial charge in [0.25, 0.3) is 0 Å². The SMILES string of the molecule is CC(O)C(C1CC1)N1C(=O)C(C)(CC(=O)O)CC(c2cccc(Cl)c2)C1c1ccc(Cl)cc1. The van der Waals surface area contributed by atoms with E-state index in [0.717, 1.165) is 24.0 Å². The van der Waals surface area contributed by atoms with Gasteiger partial charge < -0.3 is 15.1 Å². The molecule has 33 heavy (non-hydrogen) atoms. The number of aliphatic hydroxyl groups is 1. The van der Waals surface area contributed by atoms with E-state index in [-0.39, 0.29) is 30.2 Å². The van der Waals surface area contributed by atoms with E-state index in [1.807, 2.05) is 30.3 Å². The number of hydrogen-bond acceptors (Lipinski definition) is 3. The van der Waals surface area contributed by atoms with Crippen LogP contribution in [-0.2, 0) is 9.59 Å². The van der Waals surface area contributed by atoms with E-state index in [9.17, 15) is 19.8 Å². The van der Waals surface area contributed by atoms with Crippen molar-refractivity contribution in [3.63, 3.8) is 0 Å². The van der Waals surface area contributed by atoms with Crippen molar-refractivity contribution in [2.24, 2.45) is 11.3 Å². The van der Waals surface area contributed by atoms with Crippen molar-refractivity contribution in [2.75, 3.05) is 0 Å². The first-order valence-electron chi connectivity index (χ1n) is 11.3. The number of nitrogens with zero attached hydrogens (tertiary/aromatic N) is 1. The molecule has 7 heteroatoms. The fourth-order valence-corrected chi connectivity index (χ4v) is 5.82. The molecule has 0 aromatic heterocycles. The summed E-state index contributed by atoms with van der Waals surface area (Å²) >= 11 is 12.5. The zero-order valence-electron chi connectivity index (χ0n) is 18.7. The number of hydrogen-bond donors (Lipinski definition) is 2. The third-order valence-corrected chi connectivity index (χ3v) is 7.54. The normalized spacial score (nSPS) is 27.3. The van der Waals surface area contributed by atoms with Crippen LogP contribution in [0.25, 0.3) is 0 Å². The minimum atomic E-state index is -1.11. The first-order valence-corrected chi connectivity index (χ1v) is 12.1. The molecule has 0 radical (unpaired) electrons. The van der Waals surface area contributed by atoms with E-state index in [1.165, 1.54) is 0 Å². The van der Waals surface area contributed by atoms with Gasteiger partial charge in [0.05, 0.1) is 30.0 Å². The standard InChI is InChI=1S/C26H29Cl2NO4/c1-15(30)23(16-6-7-16)29-24(17-8-10-19(27)11-9-17)21(18-4-3-5-20(28)12-18)13-26(2,25(29)33)14-22(31)32/h3-5,8-12,15-16,21,23-24,30H,6-7,13-14H2,1-2H3,(H,31,32). The number of rotatable bonds is 7. The fourth-order valence-electron chi connectivity index (χ4n) is 5.50. The van der Waals surface area contributed by atoms with Crippen LogP contribution in [0.5, 0.6) is 0 Å². The van der Waals surface area contributed by atoms with Crippen LogP contribution in [0, 0.1) is 11.3 Å². The Morgan fingerprint density at radius 2 is 1.79 bits per heavy atom. The van der Waals surface area contributed by atoms with Gasteiger partial charge in [-0.1, -0.05) is 54.4 Å². The Labute approximate surface area is 204 Å². The number of carbonyl (C=O) groups is 2. The lowest BCUT2D eigenvalue weighted by molar-refractivity contribution is -0.164. The Kier molecular flexibility index (Phi) is 6.77. The Hall–Kier alpha value is -2.08. The first kappa shape index (κ1) is 24.1. The van der Waals surface area contributed by atoms with E-state index < -0.39 is 23.5 Å². The number of halogens is 2. The maximum Gasteiger partial charge on any atom is 0.304 e. The Bertz CT molecular complexity index is 1030. The van der Waals surface area contributed by atoms with Crippen molar-refractivity contribution >= 4 is 35.1 Å². The predicted octanol–water partition coefficient (Wildman–Crippen LogP) is 5.69. The quantitative estimate of drug-likeness (QED) is 0.523. The summed E-state index contributed by atoms with van der Waals surface area (Å²) in [5, 5.41) is 21.6. The number of likely N-dealkylation sites (tertiary alicyclic amines) is 1. The molecule has 4 rings (SSSR count). The summed E-state index contributed by atoms with van der Waals surface area (Å²) in [4.78, 5) is 27.7. The number of carboxylic acid groups (broad SMARTS) is 1. The molecular formula is C26H29Cl2NO4. The maximum atomic E-state index is 14.1. The van der Waals surface area contributed by atoms with Crippen LogP contribution in [0.1, 0.15) is 62.6 Å². The van der Waals surface area contributed by atoms with Crippen LogP contribution in [-0.4, -0.2) is 39.1 Å². The molecule has 2 fully saturated rings. The van der Waals surface area contributed by atoms with Crippen LogP contribution in [0.15, 0.2) is 48.5 Å². The largest absolute Gasteiger partial charge is 0.481 e. The summed E-state index contributed by atoms with van der Waals surface area (Å²) in [5.74, 6) is -1.25. The lowest BCUT2D eigenvalue weighted by atomic mass is 9.66. The zero-order chi connectivity index (χ0) is 23.9. The van der Waals surface area contributed by atoms with E-state index >= 15 is 0 Å². The smallest absolute Gasteiger partial charge is 0.304 e. The molecule has 1 saturated carbocycles. The van der Waals surface area contributed by atoms with Crippen molar-refractivity contribution in [2.45, 2.75) is 63.6 Å². The minimum absolute atomic E-state index is 0.191. The molecule has 0 spiro atoms. The Morgan fingerprint density at radius 3 is 2.33 bits per heavy atom. The second kappa shape index (κ2) is 9.28. The average Bonchev–Trinajstić information content (AvgIpc) is 3.56. The molecule has 1 heterocycles. The molecule has 1 aliphatic heterocycles. The highest BCUT2D eigenvalue weighted by molar-refractivity contribution is 6.30. The molecule has 5 atom stereocenters. The number of benzene rings is 2. The Balaban J connectivity index is 1.92. The molecule has 5 nitrogen and oxygen atoms in total. The summed E-state index contributed by atoms with van der Waals surface area (Å²) in [5.41, 5.74) is 0.738. The number of aliphatic hydroxyl groups excluding tert-OH is 1. The highest BCUT2D eigenvalue weighted by Gasteiger charge is 2.55. The van der Waals surface area contributed by atoms with Gasteiger partial charge in [-0.15, -0.1) is 0 Å². The first-order chi connectivity index (χ1) is 15.6. The van der Waals surface area contributed by atoms with E-state index in [2.05, 4.69) is 0 Å². The predicted molar refractivity (Wildman–Crippen MR) is 128 cm³/mol. The van der Waals surface area contributed by atoms with Gasteiger partial charge in [-0.25, -0.2) is 0 Å². The Morgan fingerprint density at radius 1 is 1.12 bits per heavy atom. The summed E-state index contributed by atoms with van der Waals surface area (Å²) in [7, 11) is 0. The third-order valence-electron chi connectivity index (χ3n) is 7.05. The van der Waals surface area contributed by atoms with Crippen molar-refractivity contribution in [1.82, 2.24) is 4.90 Å². The molecule has 1 amide bonds. The number of piperidine rings is 1. The van der Waals surface area contributed by atoms with Gasteiger partial charge in [0.1, 0.15) is 0 Å². The van der Waals surface area contributed by atoms with Gasteiger partial charge in [-0.2, -0.15) is 0 Å². The highest BCUT2D eigenvalue weighted by Crippen LogP contribution is 2.54. The maximum absolute atomic E-state index is 14.1. The topological polar surface area (TPSA) is 77.8 Å². The molecule has 1 saturated heterocycles. The van der Waals surface area contributed by atoms with E-state index in [4.69, 9.17) is 23.2 Å². The zero-order valence-corrected chi connectivity index (χ0v) is 20.3. The van der Waals surface area contributed by atoms with Gasteiger partial charge in [0, 0.05) is 16.0 Å². The van der Waals surface area contributed by atoms with E-state index in [0.29, 0.717) is 16.5 Å². The molecule has 2 N–H and O–H groups in total. The molecular weight excluding hydrogens is 461 g/mol. The van der Waals surface area contributed by atoms with Gasteiger partial charge in [-0.05, 0) is 67.5 Å². The van der Waals surface area contributed by atoms with Crippen LogP contribution >= 0.6 is 23.2 Å². The van der Waals surface area contributed by atoms with Crippen LogP contribution in [0.4, 0.5) is 0 Å². The molecule has 2 aliphatic rings.